The van der Waals surface area contributed by atoms with Gasteiger partial charge in [-0.15, -0.1) is 0 Å². The Kier molecular flexibility index (Phi) is 7.50. The predicted octanol–water partition coefficient (Wildman–Crippen LogP) is 4.25. The predicted molar refractivity (Wildman–Crippen MR) is 116 cm³/mol. The van der Waals surface area contributed by atoms with E-state index in [2.05, 4.69) is 20.6 Å². The number of carbonyl (C=O) groups excluding carboxylic acids is 2. The van der Waals surface area contributed by atoms with Crippen molar-refractivity contribution in [2.75, 3.05) is 19.0 Å². The number of anilines is 1. The molecule has 0 radical (unpaired) electrons. The molecule has 160 valence electrons. The highest BCUT2D eigenvalue weighted by atomic mass is 35.5. The summed E-state index contributed by atoms with van der Waals surface area (Å²) in [6, 6.07) is 6.85. The summed E-state index contributed by atoms with van der Waals surface area (Å²) in [7, 11) is 1.39. The van der Waals surface area contributed by atoms with Gasteiger partial charge in [-0.1, -0.05) is 30.9 Å². The van der Waals surface area contributed by atoms with Crippen LogP contribution in [0.25, 0.3) is 0 Å². The van der Waals surface area contributed by atoms with Crippen LogP contribution in [0.5, 0.6) is 0 Å². The van der Waals surface area contributed by atoms with Crippen molar-refractivity contribution >= 4 is 40.8 Å². The molecule has 0 unspecified atom stereocenters. The number of rotatable bonds is 7. The molecular weight excluding hydrogens is 427 g/mol. The monoisotopic (exact) mass is 450 g/mol. The van der Waals surface area contributed by atoms with Gasteiger partial charge in [0.1, 0.15) is 0 Å². The molecule has 1 heterocycles. The summed E-state index contributed by atoms with van der Waals surface area (Å²) in [5.74, 6) is -0.602. The first kappa shape index (κ1) is 22.3. The van der Waals surface area contributed by atoms with Crippen LogP contribution in [-0.2, 0) is 16.1 Å². The van der Waals surface area contributed by atoms with E-state index in [1.54, 1.807) is 30.5 Å². The van der Waals surface area contributed by atoms with E-state index in [1.807, 2.05) is 0 Å². The minimum absolute atomic E-state index is 0.174. The Morgan fingerprint density at radius 3 is 2.63 bits per heavy atom. The molecule has 0 spiro atoms. The molecule has 1 aliphatic carbocycles. The fraction of sp³-hybridized carbons (Fsp3) is 0.429. The maximum atomic E-state index is 12.8. The molecule has 1 fully saturated rings. The second-order valence-corrected chi connectivity index (χ2v) is 8.13. The van der Waals surface area contributed by atoms with Gasteiger partial charge in [-0.3, -0.25) is 9.59 Å². The standard InChI is InChI=1S/C21H24Cl2N4O3/c1-30-19(29)21(8-3-2-4-9-21)13-26-18(28)16-11-14(5-6-17(16)22)25-12-15-7-10-24-20(23)27-15/h5-7,10-11,25H,2-4,8-9,12-13H2,1H3,(H,26,28). The maximum Gasteiger partial charge on any atom is 0.313 e. The summed E-state index contributed by atoms with van der Waals surface area (Å²) in [5.41, 5.74) is 1.09. The van der Waals surface area contributed by atoms with Gasteiger partial charge in [0.2, 0.25) is 5.28 Å². The molecule has 3 rings (SSSR count). The molecule has 0 aliphatic heterocycles. The number of hydrogen-bond acceptors (Lipinski definition) is 6. The first-order valence-corrected chi connectivity index (χ1v) is 10.6. The summed E-state index contributed by atoms with van der Waals surface area (Å²) in [6.07, 6.45) is 5.96. The van der Waals surface area contributed by atoms with Crippen molar-refractivity contribution in [1.82, 2.24) is 15.3 Å². The second kappa shape index (κ2) is 10.1. The maximum absolute atomic E-state index is 12.8. The van der Waals surface area contributed by atoms with Crippen LogP contribution in [0.15, 0.2) is 30.5 Å². The van der Waals surface area contributed by atoms with E-state index in [1.165, 1.54) is 7.11 Å². The summed E-state index contributed by atoms with van der Waals surface area (Å²) in [5, 5.41) is 6.58. The Labute approximate surface area is 185 Å². The third kappa shape index (κ3) is 5.40. The van der Waals surface area contributed by atoms with Crippen LogP contribution >= 0.6 is 23.2 Å². The third-order valence-electron chi connectivity index (χ3n) is 5.38. The summed E-state index contributed by atoms with van der Waals surface area (Å²) in [6.45, 7) is 0.641. The van der Waals surface area contributed by atoms with E-state index in [0.29, 0.717) is 41.4 Å². The smallest absolute Gasteiger partial charge is 0.313 e. The first-order valence-electron chi connectivity index (χ1n) is 9.81. The number of benzene rings is 1. The van der Waals surface area contributed by atoms with Gasteiger partial charge in [0.05, 0.1) is 35.3 Å². The van der Waals surface area contributed by atoms with Gasteiger partial charge in [0.25, 0.3) is 5.91 Å². The van der Waals surface area contributed by atoms with E-state index in [9.17, 15) is 9.59 Å². The zero-order chi connectivity index (χ0) is 21.6. The average molecular weight is 451 g/mol. The lowest BCUT2D eigenvalue weighted by molar-refractivity contribution is -0.154. The van der Waals surface area contributed by atoms with Crippen molar-refractivity contribution in [3.8, 4) is 0 Å². The van der Waals surface area contributed by atoms with E-state index in [4.69, 9.17) is 27.9 Å². The summed E-state index contributed by atoms with van der Waals surface area (Å²) < 4.78 is 5.01. The van der Waals surface area contributed by atoms with Gasteiger partial charge < -0.3 is 15.4 Å². The van der Waals surface area contributed by atoms with Crippen LogP contribution in [-0.4, -0.2) is 35.5 Å². The van der Waals surface area contributed by atoms with Crippen LogP contribution in [0.1, 0.15) is 48.2 Å². The number of methoxy groups -OCH3 is 1. The van der Waals surface area contributed by atoms with Crippen LogP contribution in [0.2, 0.25) is 10.3 Å². The number of halogens is 2. The van der Waals surface area contributed by atoms with Crippen molar-refractivity contribution in [3.05, 3.63) is 52.0 Å². The molecule has 1 aromatic carbocycles. The highest BCUT2D eigenvalue weighted by molar-refractivity contribution is 6.34. The van der Waals surface area contributed by atoms with Crippen LogP contribution in [0.3, 0.4) is 0 Å². The van der Waals surface area contributed by atoms with Crippen molar-refractivity contribution < 1.29 is 14.3 Å². The number of ether oxygens (including phenoxy) is 1. The lowest BCUT2D eigenvalue weighted by Crippen LogP contribution is -2.45. The minimum Gasteiger partial charge on any atom is -0.469 e. The SMILES string of the molecule is COC(=O)C1(CNC(=O)c2cc(NCc3ccnc(Cl)n3)ccc2Cl)CCCCC1. The fourth-order valence-electron chi connectivity index (χ4n) is 3.71. The molecule has 7 nitrogen and oxygen atoms in total. The molecule has 1 aromatic heterocycles. The lowest BCUT2D eigenvalue weighted by Gasteiger charge is -2.34. The molecule has 9 heteroatoms. The minimum atomic E-state index is -0.669. The lowest BCUT2D eigenvalue weighted by atomic mass is 9.74. The highest BCUT2D eigenvalue weighted by Crippen LogP contribution is 2.37. The molecule has 30 heavy (non-hydrogen) atoms. The van der Waals surface area contributed by atoms with Gasteiger partial charge in [-0.25, -0.2) is 9.97 Å². The number of nitrogens with one attached hydrogen (secondary N) is 2. The van der Waals surface area contributed by atoms with Crippen LogP contribution in [0, 0.1) is 5.41 Å². The molecule has 0 saturated heterocycles. The molecule has 2 aromatic rings. The Morgan fingerprint density at radius 1 is 1.17 bits per heavy atom. The third-order valence-corrected chi connectivity index (χ3v) is 5.90. The first-order chi connectivity index (χ1) is 14.4. The Bertz CT molecular complexity index is 917. The number of amides is 1. The molecule has 2 N–H and O–H groups in total. The topological polar surface area (TPSA) is 93.2 Å². The zero-order valence-corrected chi connectivity index (χ0v) is 18.2. The average Bonchev–Trinajstić information content (AvgIpc) is 2.77. The van der Waals surface area contributed by atoms with Crippen molar-refractivity contribution in [2.24, 2.45) is 5.41 Å². The van der Waals surface area contributed by atoms with Gasteiger partial charge in [0, 0.05) is 18.4 Å². The van der Waals surface area contributed by atoms with Gasteiger partial charge in [-0.05, 0) is 48.7 Å². The summed E-state index contributed by atoms with van der Waals surface area (Å²) in [4.78, 5) is 33.2. The number of esters is 1. The molecule has 0 atom stereocenters. The Morgan fingerprint density at radius 2 is 1.93 bits per heavy atom. The quantitative estimate of drug-likeness (QED) is 0.483. The number of carbonyl (C=O) groups is 2. The molecule has 1 saturated carbocycles. The van der Waals surface area contributed by atoms with Crippen molar-refractivity contribution in [1.29, 1.82) is 0 Å². The summed E-state index contributed by atoms with van der Waals surface area (Å²) >= 11 is 12.1. The number of aromatic nitrogens is 2. The largest absolute Gasteiger partial charge is 0.469 e. The number of nitrogens with zero attached hydrogens (tertiary/aromatic N) is 2. The zero-order valence-electron chi connectivity index (χ0n) is 16.7. The van der Waals surface area contributed by atoms with E-state index >= 15 is 0 Å². The van der Waals surface area contributed by atoms with Gasteiger partial charge in [-0.2, -0.15) is 0 Å². The molecule has 1 amide bonds. The highest BCUT2D eigenvalue weighted by Gasteiger charge is 2.40. The second-order valence-electron chi connectivity index (χ2n) is 7.38. The Hall–Kier alpha value is -2.38. The van der Waals surface area contributed by atoms with Gasteiger partial charge >= 0.3 is 5.97 Å². The van der Waals surface area contributed by atoms with Crippen molar-refractivity contribution in [2.45, 2.75) is 38.6 Å². The fourth-order valence-corrected chi connectivity index (χ4v) is 4.08. The molecular formula is C21H24Cl2N4O3. The van der Waals surface area contributed by atoms with E-state index in [0.717, 1.165) is 19.3 Å². The van der Waals surface area contributed by atoms with E-state index < -0.39 is 5.41 Å². The number of hydrogen-bond donors (Lipinski definition) is 2. The van der Waals surface area contributed by atoms with Crippen LogP contribution < -0.4 is 10.6 Å². The van der Waals surface area contributed by atoms with Crippen LogP contribution in [0.4, 0.5) is 5.69 Å². The van der Waals surface area contributed by atoms with Crippen molar-refractivity contribution in [3.63, 3.8) is 0 Å². The molecule has 0 bridgehead atoms. The van der Waals surface area contributed by atoms with E-state index in [-0.39, 0.29) is 23.7 Å². The normalized spacial score (nSPS) is 15.3. The molecule has 1 aliphatic rings. The van der Waals surface area contributed by atoms with Gasteiger partial charge in [0.15, 0.2) is 0 Å². The Balaban J connectivity index is 1.67.